The van der Waals surface area contributed by atoms with Crippen LogP contribution in [0.1, 0.15) is 11.1 Å². The normalized spacial score (nSPS) is 10.6. The number of hydrogen-bond donors (Lipinski definition) is 2. The van der Waals surface area contributed by atoms with E-state index in [2.05, 4.69) is 10.3 Å². The molecule has 0 aliphatic rings. The molecule has 0 radical (unpaired) electrons. The second kappa shape index (κ2) is 7.66. The summed E-state index contributed by atoms with van der Waals surface area (Å²) in [7, 11) is 1.59. The van der Waals surface area contributed by atoms with Gasteiger partial charge in [0.1, 0.15) is 5.75 Å². The number of amides is 1. The first-order valence-electron chi connectivity index (χ1n) is 8.16. The second-order valence-electron chi connectivity index (χ2n) is 5.84. The summed E-state index contributed by atoms with van der Waals surface area (Å²) < 4.78 is 5.16. The van der Waals surface area contributed by atoms with Gasteiger partial charge in [-0.3, -0.25) is 9.59 Å². The van der Waals surface area contributed by atoms with Crippen LogP contribution in [0.2, 0.25) is 0 Å². The maximum atomic E-state index is 12.2. The number of H-pyrrole nitrogens is 1. The van der Waals surface area contributed by atoms with E-state index in [1.807, 2.05) is 48.5 Å². The van der Waals surface area contributed by atoms with Crippen LogP contribution in [-0.2, 0) is 17.6 Å². The van der Waals surface area contributed by atoms with Crippen LogP contribution < -0.4 is 15.6 Å². The zero-order chi connectivity index (χ0) is 17.6. The van der Waals surface area contributed by atoms with E-state index in [0.29, 0.717) is 30.7 Å². The van der Waals surface area contributed by atoms with Crippen LogP contribution in [0.3, 0.4) is 0 Å². The van der Waals surface area contributed by atoms with Gasteiger partial charge in [0.25, 0.3) is 5.56 Å². The van der Waals surface area contributed by atoms with Gasteiger partial charge in [0, 0.05) is 18.2 Å². The Balaban J connectivity index is 1.62. The van der Waals surface area contributed by atoms with E-state index in [1.54, 1.807) is 13.2 Å². The number of aromatic amines is 1. The summed E-state index contributed by atoms with van der Waals surface area (Å²) in [6.45, 7) is 0.427. The molecule has 0 bridgehead atoms. The third kappa shape index (κ3) is 4.26. The van der Waals surface area contributed by atoms with E-state index in [9.17, 15) is 9.59 Å². The van der Waals surface area contributed by atoms with Crippen molar-refractivity contribution in [3.63, 3.8) is 0 Å². The van der Waals surface area contributed by atoms with Crippen LogP contribution in [0.5, 0.6) is 5.75 Å². The molecule has 0 fully saturated rings. The highest BCUT2D eigenvalue weighted by molar-refractivity contribution is 5.80. The highest BCUT2D eigenvalue weighted by atomic mass is 16.5. The van der Waals surface area contributed by atoms with Crippen molar-refractivity contribution in [1.29, 1.82) is 0 Å². The number of aromatic nitrogens is 1. The Labute approximate surface area is 145 Å². The Morgan fingerprint density at radius 1 is 1.12 bits per heavy atom. The molecule has 0 aliphatic heterocycles. The molecule has 0 saturated carbocycles. The number of hydrogen-bond acceptors (Lipinski definition) is 3. The highest BCUT2D eigenvalue weighted by Crippen LogP contribution is 2.18. The SMILES string of the molecule is COc1ccc2cc(CCNC(=O)Cc3ccccc3)c(=O)[nH]c2c1. The average Bonchev–Trinajstić information content (AvgIpc) is 2.62. The molecule has 25 heavy (non-hydrogen) atoms. The average molecular weight is 336 g/mol. The number of carbonyl (C=O) groups excluding carboxylic acids is 1. The first-order chi connectivity index (χ1) is 12.2. The molecule has 0 saturated heterocycles. The summed E-state index contributed by atoms with van der Waals surface area (Å²) in [4.78, 5) is 27.0. The fraction of sp³-hybridized carbons (Fsp3) is 0.200. The van der Waals surface area contributed by atoms with Gasteiger partial charge in [-0.1, -0.05) is 30.3 Å². The third-order valence-electron chi connectivity index (χ3n) is 4.05. The largest absolute Gasteiger partial charge is 0.497 e. The maximum absolute atomic E-state index is 12.2. The molecule has 1 amide bonds. The minimum Gasteiger partial charge on any atom is -0.497 e. The van der Waals surface area contributed by atoms with Crippen molar-refractivity contribution in [2.45, 2.75) is 12.8 Å². The Morgan fingerprint density at radius 2 is 1.92 bits per heavy atom. The lowest BCUT2D eigenvalue weighted by Gasteiger charge is -2.07. The predicted molar refractivity (Wildman–Crippen MR) is 98.0 cm³/mol. The van der Waals surface area contributed by atoms with E-state index in [4.69, 9.17) is 4.74 Å². The molecule has 2 aromatic carbocycles. The number of carbonyl (C=O) groups is 1. The minimum absolute atomic E-state index is 0.0480. The van der Waals surface area contributed by atoms with E-state index in [1.165, 1.54) is 0 Å². The first kappa shape index (κ1) is 16.8. The summed E-state index contributed by atoms with van der Waals surface area (Å²) in [5.41, 5.74) is 2.22. The van der Waals surface area contributed by atoms with E-state index in [-0.39, 0.29) is 11.5 Å². The number of fused-ring (bicyclic) bond motifs is 1. The summed E-state index contributed by atoms with van der Waals surface area (Å²) in [6.07, 6.45) is 0.826. The molecule has 0 unspecified atom stereocenters. The van der Waals surface area contributed by atoms with E-state index < -0.39 is 0 Å². The zero-order valence-corrected chi connectivity index (χ0v) is 14.0. The number of benzene rings is 2. The molecule has 1 aromatic heterocycles. The number of ether oxygens (including phenoxy) is 1. The molecule has 0 aliphatic carbocycles. The molecule has 5 heteroatoms. The summed E-state index contributed by atoms with van der Waals surface area (Å²) in [5.74, 6) is 0.650. The number of methoxy groups -OCH3 is 1. The minimum atomic E-state index is -0.141. The Bertz CT molecular complexity index is 933. The molecule has 0 atom stereocenters. The van der Waals surface area contributed by atoms with Gasteiger partial charge in [0.15, 0.2) is 0 Å². The van der Waals surface area contributed by atoms with Crippen molar-refractivity contribution < 1.29 is 9.53 Å². The monoisotopic (exact) mass is 336 g/mol. The van der Waals surface area contributed by atoms with Crippen LogP contribution in [0.15, 0.2) is 59.4 Å². The van der Waals surface area contributed by atoms with Crippen molar-refractivity contribution in [2.75, 3.05) is 13.7 Å². The topological polar surface area (TPSA) is 71.2 Å². The fourth-order valence-electron chi connectivity index (χ4n) is 2.72. The van der Waals surface area contributed by atoms with Gasteiger partial charge in [-0.25, -0.2) is 0 Å². The molecule has 1 heterocycles. The summed E-state index contributed by atoms with van der Waals surface area (Å²) in [6, 6.07) is 17.0. The molecule has 5 nitrogen and oxygen atoms in total. The quantitative estimate of drug-likeness (QED) is 0.726. The highest BCUT2D eigenvalue weighted by Gasteiger charge is 2.06. The van der Waals surface area contributed by atoms with Crippen molar-refractivity contribution in [3.8, 4) is 5.75 Å². The van der Waals surface area contributed by atoms with E-state index in [0.717, 1.165) is 16.5 Å². The lowest BCUT2D eigenvalue weighted by molar-refractivity contribution is -0.120. The fourth-order valence-corrected chi connectivity index (χ4v) is 2.72. The maximum Gasteiger partial charge on any atom is 0.251 e. The Kier molecular flexibility index (Phi) is 5.14. The summed E-state index contributed by atoms with van der Waals surface area (Å²) >= 11 is 0. The van der Waals surface area contributed by atoms with Crippen molar-refractivity contribution in [1.82, 2.24) is 10.3 Å². The van der Waals surface area contributed by atoms with Gasteiger partial charge in [-0.2, -0.15) is 0 Å². The van der Waals surface area contributed by atoms with Crippen molar-refractivity contribution in [3.05, 3.63) is 76.1 Å². The van der Waals surface area contributed by atoms with Gasteiger partial charge in [0.05, 0.1) is 19.0 Å². The van der Waals surface area contributed by atoms with E-state index >= 15 is 0 Å². The van der Waals surface area contributed by atoms with Gasteiger partial charge >= 0.3 is 0 Å². The number of rotatable bonds is 6. The lowest BCUT2D eigenvalue weighted by atomic mass is 10.1. The van der Waals surface area contributed by atoms with Crippen LogP contribution in [-0.4, -0.2) is 24.5 Å². The molecule has 2 N–H and O–H groups in total. The Hall–Kier alpha value is -3.08. The summed E-state index contributed by atoms with van der Waals surface area (Å²) in [5, 5.41) is 3.80. The lowest BCUT2D eigenvalue weighted by Crippen LogP contribution is -2.28. The van der Waals surface area contributed by atoms with Crippen LogP contribution >= 0.6 is 0 Å². The van der Waals surface area contributed by atoms with Crippen LogP contribution in [0, 0.1) is 0 Å². The third-order valence-corrected chi connectivity index (χ3v) is 4.05. The second-order valence-corrected chi connectivity index (χ2v) is 5.84. The van der Waals surface area contributed by atoms with Gasteiger partial charge in [-0.15, -0.1) is 0 Å². The number of pyridine rings is 1. The molecule has 128 valence electrons. The Morgan fingerprint density at radius 3 is 2.68 bits per heavy atom. The van der Waals surface area contributed by atoms with Crippen LogP contribution in [0.25, 0.3) is 10.9 Å². The van der Waals surface area contributed by atoms with Crippen molar-refractivity contribution in [2.24, 2.45) is 0 Å². The standard InChI is InChI=1S/C20H20N2O3/c1-25-17-8-7-15-12-16(20(24)22-18(15)13-17)9-10-21-19(23)11-14-5-3-2-4-6-14/h2-8,12-13H,9-11H2,1H3,(H,21,23)(H,22,24). The zero-order valence-electron chi connectivity index (χ0n) is 14.0. The molecule has 3 aromatic rings. The molecule has 3 rings (SSSR count). The molecule has 0 spiro atoms. The van der Waals surface area contributed by atoms with Gasteiger partial charge in [-0.05, 0) is 35.6 Å². The molecular weight excluding hydrogens is 316 g/mol. The first-order valence-corrected chi connectivity index (χ1v) is 8.16. The van der Waals surface area contributed by atoms with Crippen molar-refractivity contribution >= 4 is 16.8 Å². The molecular formula is C20H20N2O3. The van der Waals surface area contributed by atoms with Gasteiger partial charge < -0.3 is 15.0 Å². The number of nitrogens with one attached hydrogen (secondary N) is 2. The smallest absolute Gasteiger partial charge is 0.251 e. The van der Waals surface area contributed by atoms with Crippen LogP contribution in [0.4, 0.5) is 0 Å². The van der Waals surface area contributed by atoms with Gasteiger partial charge in [0.2, 0.25) is 5.91 Å². The predicted octanol–water partition coefficient (Wildman–Crippen LogP) is 2.44.